The zero-order valence-electron chi connectivity index (χ0n) is 12.1. The second-order valence-electron chi connectivity index (χ2n) is 4.72. The number of nitrogens with one attached hydrogen (secondary N) is 1. The first kappa shape index (κ1) is 14.8. The van der Waals surface area contributed by atoms with Crippen molar-refractivity contribution in [3.63, 3.8) is 0 Å². The van der Waals surface area contributed by atoms with Gasteiger partial charge in [0.15, 0.2) is 5.78 Å². The highest BCUT2D eigenvalue weighted by atomic mass is 16.5. The van der Waals surface area contributed by atoms with Crippen molar-refractivity contribution in [3.05, 3.63) is 59.7 Å². The van der Waals surface area contributed by atoms with E-state index in [2.05, 4.69) is 5.32 Å². The first-order chi connectivity index (χ1) is 10.1. The van der Waals surface area contributed by atoms with Gasteiger partial charge in [-0.05, 0) is 24.6 Å². The van der Waals surface area contributed by atoms with E-state index in [0.29, 0.717) is 17.0 Å². The molecule has 0 heterocycles. The van der Waals surface area contributed by atoms with Crippen LogP contribution in [0.25, 0.3) is 0 Å². The lowest BCUT2D eigenvalue weighted by molar-refractivity contribution is -0.115. The highest BCUT2D eigenvalue weighted by Crippen LogP contribution is 2.25. The molecule has 2 aromatic carbocycles. The summed E-state index contributed by atoms with van der Waals surface area (Å²) in [5, 5.41) is 2.72. The smallest absolute Gasteiger partial charge is 0.232 e. The number of ether oxygens (including phenoxy) is 1. The molecule has 0 saturated carbocycles. The zero-order chi connectivity index (χ0) is 15.2. The molecule has 0 fully saturated rings. The molecular formula is C17H17NO3. The summed E-state index contributed by atoms with van der Waals surface area (Å²) in [7, 11) is 1.54. The number of amides is 1. The third-order valence-corrected chi connectivity index (χ3v) is 3.05. The van der Waals surface area contributed by atoms with Gasteiger partial charge >= 0.3 is 0 Å². The number of aryl methyl sites for hydroxylation is 1. The summed E-state index contributed by atoms with van der Waals surface area (Å²) >= 11 is 0. The molecule has 4 nitrogen and oxygen atoms in total. The second-order valence-corrected chi connectivity index (χ2v) is 4.72. The average molecular weight is 283 g/mol. The Kier molecular flexibility index (Phi) is 4.72. The maximum atomic E-state index is 12.0. The first-order valence-corrected chi connectivity index (χ1v) is 6.63. The molecule has 2 rings (SSSR count). The van der Waals surface area contributed by atoms with E-state index in [9.17, 15) is 9.59 Å². The normalized spacial score (nSPS) is 10.0. The van der Waals surface area contributed by atoms with Crippen LogP contribution in [0.3, 0.4) is 0 Å². The number of carbonyl (C=O) groups is 2. The molecule has 4 heteroatoms. The molecule has 0 aliphatic carbocycles. The summed E-state index contributed by atoms with van der Waals surface area (Å²) in [5.41, 5.74) is 2.10. The van der Waals surface area contributed by atoms with Crippen LogP contribution in [-0.2, 0) is 4.79 Å². The van der Waals surface area contributed by atoms with Crippen LogP contribution in [-0.4, -0.2) is 18.8 Å². The van der Waals surface area contributed by atoms with Gasteiger partial charge in [0.2, 0.25) is 5.91 Å². The summed E-state index contributed by atoms with van der Waals surface area (Å²) in [6.45, 7) is 1.92. The quantitative estimate of drug-likeness (QED) is 0.677. The lowest BCUT2D eigenvalue weighted by Crippen LogP contribution is -2.17. The van der Waals surface area contributed by atoms with Crippen LogP contribution >= 0.6 is 0 Å². The highest BCUT2D eigenvalue weighted by molar-refractivity contribution is 6.11. The van der Waals surface area contributed by atoms with E-state index in [1.54, 1.807) is 30.3 Å². The molecule has 1 N–H and O–H groups in total. The van der Waals surface area contributed by atoms with E-state index in [-0.39, 0.29) is 18.1 Å². The van der Waals surface area contributed by atoms with Crippen LogP contribution in [0.15, 0.2) is 48.5 Å². The molecule has 21 heavy (non-hydrogen) atoms. The minimum atomic E-state index is -0.354. The van der Waals surface area contributed by atoms with Crippen molar-refractivity contribution in [1.29, 1.82) is 0 Å². The van der Waals surface area contributed by atoms with Crippen molar-refractivity contribution in [2.45, 2.75) is 13.3 Å². The van der Waals surface area contributed by atoms with Crippen LogP contribution in [0.4, 0.5) is 5.69 Å². The van der Waals surface area contributed by atoms with Crippen LogP contribution in [0, 0.1) is 6.92 Å². The van der Waals surface area contributed by atoms with Gasteiger partial charge in [-0.3, -0.25) is 9.59 Å². The average Bonchev–Trinajstić information content (AvgIpc) is 2.48. The van der Waals surface area contributed by atoms with Crippen molar-refractivity contribution in [3.8, 4) is 5.75 Å². The van der Waals surface area contributed by atoms with Gasteiger partial charge in [-0.15, -0.1) is 0 Å². The van der Waals surface area contributed by atoms with E-state index in [1.807, 2.05) is 25.1 Å². The predicted octanol–water partition coefficient (Wildman–Crippen LogP) is 3.22. The van der Waals surface area contributed by atoms with Gasteiger partial charge in [-0.25, -0.2) is 0 Å². The minimum absolute atomic E-state index is 0.193. The van der Waals surface area contributed by atoms with E-state index < -0.39 is 0 Å². The molecule has 0 saturated heterocycles. The number of hydrogen-bond donors (Lipinski definition) is 1. The van der Waals surface area contributed by atoms with E-state index in [0.717, 1.165) is 5.56 Å². The topological polar surface area (TPSA) is 55.4 Å². The number of benzene rings is 2. The number of carbonyl (C=O) groups excluding carboxylic acids is 2. The summed E-state index contributed by atoms with van der Waals surface area (Å²) in [6.07, 6.45) is -0.193. The SMILES string of the molecule is COc1ccc(C)cc1NC(=O)CC(=O)c1ccccc1. The lowest BCUT2D eigenvalue weighted by atomic mass is 10.1. The third kappa shape index (κ3) is 3.92. The van der Waals surface area contributed by atoms with Gasteiger partial charge < -0.3 is 10.1 Å². The van der Waals surface area contributed by atoms with Gasteiger partial charge in [-0.1, -0.05) is 36.4 Å². The molecule has 0 spiro atoms. The van der Waals surface area contributed by atoms with E-state index in [1.165, 1.54) is 7.11 Å². The monoisotopic (exact) mass is 283 g/mol. The molecule has 0 unspecified atom stereocenters. The summed E-state index contributed by atoms with van der Waals surface area (Å²) in [5.74, 6) is 0.00795. The zero-order valence-corrected chi connectivity index (χ0v) is 12.1. The number of methoxy groups -OCH3 is 1. The Bertz CT molecular complexity index is 650. The Hall–Kier alpha value is -2.62. The second kappa shape index (κ2) is 6.70. The standard InChI is InChI=1S/C17H17NO3/c1-12-8-9-16(21-2)14(10-12)18-17(20)11-15(19)13-6-4-3-5-7-13/h3-10H,11H2,1-2H3,(H,18,20). The molecule has 0 atom stereocenters. The third-order valence-electron chi connectivity index (χ3n) is 3.05. The maximum absolute atomic E-state index is 12.0. The number of rotatable bonds is 5. The van der Waals surface area contributed by atoms with Gasteiger partial charge in [0.1, 0.15) is 5.75 Å². The Labute approximate surface area is 123 Å². The molecule has 0 radical (unpaired) electrons. The molecule has 108 valence electrons. The Morgan fingerprint density at radius 1 is 1.10 bits per heavy atom. The maximum Gasteiger partial charge on any atom is 0.232 e. The van der Waals surface area contributed by atoms with Crippen molar-refractivity contribution in [1.82, 2.24) is 0 Å². The minimum Gasteiger partial charge on any atom is -0.495 e. The molecule has 0 aromatic heterocycles. The highest BCUT2D eigenvalue weighted by Gasteiger charge is 2.13. The van der Waals surface area contributed by atoms with E-state index in [4.69, 9.17) is 4.74 Å². The van der Waals surface area contributed by atoms with Gasteiger partial charge in [-0.2, -0.15) is 0 Å². The van der Waals surface area contributed by atoms with Crippen molar-refractivity contribution in [2.75, 3.05) is 12.4 Å². The first-order valence-electron chi connectivity index (χ1n) is 6.63. The van der Waals surface area contributed by atoms with Crippen LogP contribution < -0.4 is 10.1 Å². The molecule has 0 bridgehead atoms. The Morgan fingerprint density at radius 2 is 1.81 bits per heavy atom. The molecule has 1 amide bonds. The van der Waals surface area contributed by atoms with Crippen molar-refractivity contribution < 1.29 is 14.3 Å². The van der Waals surface area contributed by atoms with Gasteiger partial charge in [0.25, 0.3) is 0 Å². The van der Waals surface area contributed by atoms with E-state index >= 15 is 0 Å². The number of anilines is 1. The molecule has 0 aliphatic heterocycles. The number of hydrogen-bond acceptors (Lipinski definition) is 3. The predicted molar refractivity (Wildman–Crippen MR) is 81.8 cm³/mol. The van der Waals surface area contributed by atoms with Gasteiger partial charge in [0, 0.05) is 5.56 Å². The van der Waals surface area contributed by atoms with Gasteiger partial charge in [0.05, 0.1) is 19.2 Å². The van der Waals surface area contributed by atoms with Crippen molar-refractivity contribution in [2.24, 2.45) is 0 Å². The lowest BCUT2D eigenvalue weighted by Gasteiger charge is -2.10. The van der Waals surface area contributed by atoms with Crippen molar-refractivity contribution >= 4 is 17.4 Å². The fourth-order valence-corrected chi connectivity index (χ4v) is 1.99. The Balaban J connectivity index is 2.05. The Morgan fingerprint density at radius 3 is 2.48 bits per heavy atom. The molecule has 2 aromatic rings. The molecule has 0 aliphatic rings. The number of Topliss-reactive ketones (excluding diaryl/α,β-unsaturated/α-hetero) is 1. The summed E-state index contributed by atoms with van der Waals surface area (Å²) < 4.78 is 5.19. The fourth-order valence-electron chi connectivity index (χ4n) is 1.99. The van der Waals surface area contributed by atoms with Crippen LogP contribution in [0.5, 0.6) is 5.75 Å². The van der Waals surface area contributed by atoms with Crippen LogP contribution in [0.1, 0.15) is 22.3 Å². The van der Waals surface area contributed by atoms with Crippen LogP contribution in [0.2, 0.25) is 0 Å². The fraction of sp³-hybridized carbons (Fsp3) is 0.176. The summed E-state index contributed by atoms with van der Waals surface area (Å²) in [4.78, 5) is 24.0. The number of ketones is 1. The largest absolute Gasteiger partial charge is 0.495 e. The molecular weight excluding hydrogens is 266 g/mol. The summed E-state index contributed by atoms with van der Waals surface area (Å²) in [6, 6.07) is 14.3.